The Bertz CT molecular complexity index is 1070. The third-order valence-electron chi connectivity index (χ3n) is 3.91. The number of fused-ring (bicyclic) bond motifs is 1. The van der Waals surface area contributed by atoms with Crippen molar-refractivity contribution >= 4 is 44.2 Å². The van der Waals surface area contributed by atoms with Crippen molar-refractivity contribution in [1.82, 2.24) is 14.8 Å². The maximum Gasteiger partial charge on any atom is 0.436 e. The van der Waals surface area contributed by atoms with Gasteiger partial charge in [0.15, 0.2) is 10.8 Å². The average Bonchev–Trinajstić information content (AvgIpc) is 3.14. The zero-order valence-electron chi connectivity index (χ0n) is 14.7. The quantitative estimate of drug-likeness (QED) is 0.533. The molecule has 0 aliphatic heterocycles. The molecule has 6 nitrogen and oxygen atoms in total. The summed E-state index contributed by atoms with van der Waals surface area (Å²) in [6.07, 6.45) is -4.76. The van der Waals surface area contributed by atoms with Crippen LogP contribution < -0.4 is 10.1 Å². The second-order valence-corrected chi connectivity index (χ2v) is 7.29. The number of hydrogen-bond donors (Lipinski definition) is 1. The van der Waals surface area contributed by atoms with Gasteiger partial charge in [-0.25, -0.2) is 4.98 Å². The lowest BCUT2D eigenvalue weighted by Gasteiger charge is -2.13. The molecule has 0 bridgehead atoms. The van der Waals surface area contributed by atoms with Gasteiger partial charge in [-0.2, -0.15) is 27.1 Å². The van der Waals surface area contributed by atoms with Crippen molar-refractivity contribution < 1.29 is 31.5 Å². The van der Waals surface area contributed by atoms with Gasteiger partial charge in [-0.3, -0.25) is 9.48 Å². The molecule has 0 aliphatic rings. The van der Waals surface area contributed by atoms with Gasteiger partial charge in [0, 0.05) is 0 Å². The minimum Gasteiger partial charge on any atom is -0.435 e. The number of carbonyl (C=O) groups excluding carboxylic acids is 1. The number of anilines is 1. The summed E-state index contributed by atoms with van der Waals surface area (Å²) in [7, 11) is 0. The number of nitrogens with one attached hydrogen (secondary N) is 1. The second kappa shape index (κ2) is 7.75. The van der Waals surface area contributed by atoms with Crippen molar-refractivity contribution in [3.05, 3.63) is 34.6 Å². The van der Waals surface area contributed by atoms with E-state index < -0.39 is 35.5 Å². The SMILES string of the molecule is Cc1c(Cl)c(C(F)(F)F)nn1C(C)C(=O)Nc1nc2ccc(OC(F)F)cc2s1. The number of carbonyl (C=O) groups is 1. The topological polar surface area (TPSA) is 69.0 Å². The highest BCUT2D eigenvalue weighted by atomic mass is 35.5. The van der Waals surface area contributed by atoms with E-state index in [-0.39, 0.29) is 16.6 Å². The Morgan fingerprint density at radius 2 is 2.03 bits per heavy atom. The van der Waals surface area contributed by atoms with Gasteiger partial charge >= 0.3 is 12.8 Å². The largest absolute Gasteiger partial charge is 0.436 e. The first-order valence-electron chi connectivity index (χ1n) is 7.95. The number of nitrogens with zero attached hydrogens (tertiary/aromatic N) is 3. The molecule has 1 N–H and O–H groups in total. The van der Waals surface area contributed by atoms with Gasteiger partial charge in [0.2, 0.25) is 0 Å². The van der Waals surface area contributed by atoms with Crippen LogP contribution in [0.15, 0.2) is 18.2 Å². The van der Waals surface area contributed by atoms with Crippen LogP contribution in [-0.2, 0) is 11.0 Å². The molecule has 0 radical (unpaired) electrons. The summed E-state index contributed by atoms with van der Waals surface area (Å²) in [5.41, 5.74) is -0.861. The molecule has 1 unspecified atom stereocenters. The van der Waals surface area contributed by atoms with E-state index in [1.165, 1.54) is 32.0 Å². The highest BCUT2D eigenvalue weighted by molar-refractivity contribution is 7.22. The first kappa shape index (κ1) is 21.2. The van der Waals surface area contributed by atoms with Crippen molar-refractivity contribution in [2.75, 3.05) is 5.32 Å². The van der Waals surface area contributed by atoms with E-state index in [2.05, 4.69) is 20.1 Å². The van der Waals surface area contributed by atoms with E-state index in [0.29, 0.717) is 10.2 Å². The summed E-state index contributed by atoms with van der Waals surface area (Å²) in [4.78, 5) is 16.6. The van der Waals surface area contributed by atoms with Crippen molar-refractivity contribution in [2.24, 2.45) is 0 Å². The van der Waals surface area contributed by atoms with Gasteiger partial charge < -0.3 is 10.1 Å². The molecule has 29 heavy (non-hydrogen) atoms. The molecule has 1 aromatic carbocycles. The number of halogens is 6. The molecule has 13 heteroatoms. The molecular formula is C16H12ClF5N4O2S. The number of rotatable bonds is 5. The Labute approximate surface area is 169 Å². The molecule has 2 aromatic heterocycles. The fourth-order valence-corrected chi connectivity index (χ4v) is 3.64. The normalized spacial score (nSPS) is 13.1. The smallest absolute Gasteiger partial charge is 0.435 e. The van der Waals surface area contributed by atoms with Crippen LogP contribution in [0, 0.1) is 6.92 Å². The molecule has 0 fully saturated rings. The molecule has 0 spiro atoms. The van der Waals surface area contributed by atoms with Crippen LogP contribution in [-0.4, -0.2) is 27.3 Å². The van der Waals surface area contributed by atoms with Gasteiger partial charge in [0.05, 0.1) is 20.9 Å². The van der Waals surface area contributed by atoms with E-state index in [0.717, 1.165) is 16.0 Å². The van der Waals surface area contributed by atoms with E-state index in [1.54, 1.807) is 0 Å². The summed E-state index contributed by atoms with van der Waals surface area (Å²) in [6, 6.07) is 2.96. The van der Waals surface area contributed by atoms with Gasteiger partial charge in [0.1, 0.15) is 11.8 Å². The van der Waals surface area contributed by atoms with Crippen LogP contribution in [0.4, 0.5) is 27.1 Å². The maximum atomic E-state index is 13.0. The molecule has 3 aromatic rings. The van der Waals surface area contributed by atoms with E-state index >= 15 is 0 Å². The Hall–Kier alpha value is -2.47. The zero-order chi connectivity index (χ0) is 21.5. The van der Waals surface area contributed by atoms with Gasteiger partial charge in [-0.1, -0.05) is 22.9 Å². The summed E-state index contributed by atoms with van der Waals surface area (Å²) in [5, 5.41) is 5.46. The Morgan fingerprint density at radius 1 is 1.34 bits per heavy atom. The first-order valence-corrected chi connectivity index (χ1v) is 9.15. The monoisotopic (exact) mass is 454 g/mol. The summed E-state index contributed by atoms with van der Waals surface area (Å²) in [5.74, 6) is -0.743. The maximum absolute atomic E-state index is 13.0. The van der Waals surface area contributed by atoms with Crippen LogP contribution in [0.2, 0.25) is 5.02 Å². The molecule has 1 amide bonds. The Morgan fingerprint density at radius 3 is 2.62 bits per heavy atom. The van der Waals surface area contributed by atoms with Gasteiger partial charge in [-0.15, -0.1) is 0 Å². The van der Waals surface area contributed by atoms with Crippen molar-refractivity contribution in [2.45, 2.75) is 32.7 Å². The molecule has 156 valence electrons. The highest BCUT2D eigenvalue weighted by Crippen LogP contribution is 2.36. The number of thiazole rings is 1. The number of amides is 1. The fourth-order valence-electron chi connectivity index (χ4n) is 2.51. The molecule has 0 aliphatic carbocycles. The summed E-state index contributed by atoms with van der Waals surface area (Å²) >= 11 is 6.69. The third-order valence-corrected chi connectivity index (χ3v) is 5.29. The summed E-state index contributed by atoms with van der Waals surface area (Å²) < 4.78 is 69.1. The lowest BCUT2D eigenvalue weighted by molar-refractivity contribution is -0.141. The Balaban J connectivity index is 1.81. The molecule has 0 saturated heterocycles. The Kier molecular flexibility index (Phi) is 5.68. The first-order chi connectivity index (χ1) is 13.5. The van der Waals surface area contributed by atoms with Gasteiger partial charge in [0.25, 0.3) is 5.91 Å². The number of alkyl halides is 5. The number of hydrogen-bond acceptors (Lipinski definition) is 5. The van der Waals surface area contributed by atoms with Crippen molar-refractivity contribution in [1.29, 1.82) is 0 Å². The van der Waals surface area contributed by atoms with E-state index in [4.69, 9.17) is 11.6 Å². The predicted octanol–water partition coefficient (Wildman–Crippen LogP) is 5.27. The van der Waals surface area contributed by atoms with Crippen LogP contribution in [0.1, 0.15) is 24.4 Å². The van der Waals surface area contributed by atoms with Crippen LogP contribution in [0.3, 0.4) is 0 Å². The standard InChI is InChI=1S/C16H12ClF5N4O2S/c1-6-11(17)12(16(20,21)22)25-26(6)7(2)13(27)24-15-23-9-4-3-8(28-14(18)19)5-10(9)29-15/h3-5,7,14H,1-2H3,(H,23,24,27). The zero-order valence-corrected chi connectivity index (χ0v) is 16.3. The molecule has 1 atom stereocenters. The lowest BCUT2D eigenvalue weighted by Crippen LogP contribution is -2.25. The summed E-state index contributed by atoms with van der Waals surface area (Å²) in [6.45, 7) is -0.310. The third kappa shape index (κ3) is 4.42. The van der Waals surface area contributed by atoms with Crippen LogP contribution in [0.5, 0.6) is 5.75 Å². The fraction of sp³-hybridized carbons (Fsp3) is 0.312. The van der Waals surface area contributed by atoms with E-state index in [1.807, 2.05) is 0 Å². The second-order valence-electron chi connectivity index (χ2n) is 5.88. The average molecular weight is 455 g/mol. The van der Waals surface area contributed by atoms with Gasteiger partial charge in [-0.05, 0) is 32.0 Å². The molecule has 0 saturated carbocycles. The molecule has 3 rings (SSSR count). The molecular weight excluding hydrogens is 443 g/mol. The minimum atomic E-state index is -4.76. The minimum absolute atomic E-state index is 0.0141. The van der Waals surface area contributed by atoms with Crippen LogP contribution in [0.25, 0.3) is 10.2 Å². The van der Waals surface area contributed by atoms with E-state index in [9.17, 15) is 26.7 Å². The highest BCUT2D eigenvalue weighted by Gasteiger charge is 2.39. The molecule has 2 heterocycles. The number of benzene rings is 1. The number of ether oxygens (including phenoxy) is 1. The van der Waals surface area contributed by atoms with Crippen molar-refractivity contribution in [3.8, 4) is 5.75 Å². The van der Waals surface area contributed by atoms with Crippen molar-refractivity contribution in [3.63, 3.8) is 0 Å². The van der Waals surface area contributed by atoms with Crippen LogP contribution >= 0.6 is 22.9 Å². The predicted molar refractivity (Wildman–Crippen MR) is 96.6 cm³/mol. The lowest BCUT2D eigenvalue weighted by atomic mass is 10.3. The number of aromatic nitrogens is 3.